The van der Waals surface area contributed by atoms with E-state index in [9.17, 15) is 4.79 Å². The lowest BCUT2D eigenvalue weighted by Gasteiger charge is -2.43. The fourth-order valence-corrected chi connectivity index (χ4v) is 4.14. The van der Waals surface area contributed by atoms with Gasteiger partial charge in [-0.1, -0.05) is 12.8 Å². The van der Waals surface area contributed by atoms with E-state index in [2.05, 4.69) is 0 Å². The Balaban J connectivity index is 1.60. The summed E-state index contributed by atoms with van der Waals surface area (Å²) >= 11 is 0. The zero-order valence-electron chi connectivity index (χ0n) is 12.4. The van der Waals surface area contributed by atoms with Gasteiger partial charge in [-0.05, 0) is 38.5 Å². The van der Waals surface area contributed by atoms with Crippen molar-refractivity contribution in [1.29, 1.82) is 0 Å². The molecule has 0 bridgehead atoms. The van der Waals surface area contributed by atoms with Crippen LogP contribution < -0.4 is 5.73 Å². The molecule has 1 saturated carbocycles. The molecule has 2 aliphatic heterocycles. The van der Waals surface area contributed by atoms with E-state index in [0.717, 1.165) is 51.7 Å². The molecule has 4 nitrogen and oxygen atoms in total. The topological polar surface area (TPSA) is 61.6 Å². The van der Waals surface area contributed by atoms with Gasteiger partial charge in [-0.15, -0.1) is 0 Å². The normalized spacial score (nSPS) is 32.4. The second-order valence-electron chi connectivity index (χ2n) is 7.05. The molecule has 0 aromatic rings. The van der Waals surface area contributed by atoms with E-state index in [1.54, 1.807) is 0 Å². The molecule has 4 heteroatoms. The largest absolute Gasteiger partial charge is 0.381 e. The second-order valence-corrected chi connectivity index (χ2v) is 7.05. The van der Waals surface area contributed by atoms with Gasteiger partial charge < -0.3 is 15.2 Å². The lowest BCUT2D eigenvalue weighted by atomic mass is 9.76. The van der Waals surface area contributed by atoms with Gasteiger partial charge in [0.05, 0.1) is 5.60 Å². The number of hydrogen-bond acceptors (Lipinski definition) is 4. The van der Waals surface area contributed by atoms with Crippen LogP contribution in [0, 0.1) is 5.92 Å². The van der Waals surface area contributed by atoms with Gasteiger partial charge in [0.15, 0.2) is 0 Å². The molecule has 2 saturated heterocycles. The number of Topliss-reactive ketones (excluding diaryl/α,β-unsaturated/α-hetero) is 1. The number of nitrogens with two attached hydrogens (primary N) is 1. The lowest BCUT2D eigenvalue weighted by molar-refractivity contribution is -0.157. The minimum absolute atomic E-state index is 0.0890. The van der Waals surface area contributed by atoms with Gasteiger partial charge in [-0.3, -0.25) is 4.79 Å². The van der Waals surface area contributed by atoms with E-state index in [1.165, 1.54) is 12.8 Å². The Morgan fingerprint density at radius 2 is 1.80 bits per heavy atom. The van der Waals surface area contributed by atoms with Gasteiger partial charge in [-0.25, -0.2) is 0 Å². The summed E-state index contributed by atoms with van der Waals surface area (Å²) in [4.78, 5) is 12.6. The van der Waals surface area contributed by atoms with E-state index < -0.39 is 0 Å². The van der Waals surface area contributed by atoms with E-state index in [-0.39, 0.29) is 17.1 Å². The van der Waals surface area contributed by atoms with Crippen molar-refractivity contribution in [3.63, 3.8) is 0 Å². The van der Waals surface area contributed by atoms with Gasteiger partial charge in [0.25, 0.3) is 0 Å². The summed E-state index contributed by atoms with van der Waals surface area (Å²) in [5, 5.41) is 0. The van der Waals surface area contributed by atoms with Crippen LogP contribution in [-0.4, -0.2) is 36.7 Å². The maximum atomic E-state index is 12.6. The van der Waals surface area contributed by atoms with Crippen molar-refractivity contribution >= 4 is 5.78 Å². The summed E-state index contributed by atoms with van der Waals surface area (Å²) < 4.78 is 11.4. The number of rotatable bonds is 3. The van der Waals surface area contributed by atoms with Crippen LogP contribution in [-0.2, 0) is 14.3 Å². The summed E-state index contributed by atoms with van der Waals surface area (Å²) in [6.45, 7) is 2.25. The summed E-state index contributed by atoms with van der Waals surface area (Å²) in [6.07, 6.45) is 8.59. The number of carbonyl (C=O) groups is 1. The van der Waals surface area contributed by atoms with E-state index >= 15 is 0 Å². The zero-order chi connectivity index (χ0) is 14.1. The molecule has 0 aromatic heterocycles. The number of carbonyl (C=O) groups excluding carboxylic acids is 1. The first kappa shape index (κ1) is 14.5. The van der Waals surface area contributed by atoms with Crippen molar-refractivity contribution < 1.29 is 14.3 Å². The molecule has 3 fully saturated rings. The van der Waals surface area contributed by atoms with Crippen molar-refractivity contribution in [2.24, 2.45) is 11.7 Å². The Morgan fingerprint density at radius 3 is 2.50 bits per heavy atom. The predicted molar refractivity (Wildman–Crippen MR) is 76.5 cm³/mol. The fourth-order valence-electron chi connectivity index (χ4n) is 4.14. The molecule has 20 heavy (non-hydrogen) atoms. The highest BCUT2D eigenvalue weighted by Gasteiger charge is 2.42. The summed E-state index contributed by atoms with van der Waals surface area (Å²) in [5.41, 5.74) is 6.07. The first-order chi connectivity index (χ1) is 9.61. The van der Waals surface area contributed by atoms with Crippen LogP contribution in [0.2, 0.25) is 0 Å². The maximum Gasteiger partial charge on any atom is 0.138 e. The predicted octanol–water partition coefficient (Wildman–Crippen LogP) is 2.19. The van der Waals surface area contributed by atoms with Crippen molar-refractivity contribution in [2.45, 2.75) is 68.9 Å². The van der Waals surface area contributed by atoms with E-state index in [4.69, 9.17) is 15.2 Å². The molecule has 1 unspecified atom stereocenters. The number of ether oxygens (including phenoxy) is 2. The summed E-state index contributed by atoms with van der Waals surface area (Å²) in [7, 11) is 0. The van der Waals surface area contributed by atoms with Gasteiger partial charge >= 0.3 is 0 Å². The van der Waals surface area contributed by atoms with Crippen LogP contribution in [0.4, 0.5) is 0 Å². The Bertz CT molecular complexity index is 351. The van der Waals surface area contributed by atoms with Crippen LogP contribution in [0.5, 0.6) is 0 Å². The van der Waals surface area contributed by atoms with Crippen LogP contribution in [0.15, 0.2) is 0 Å². The molecular weight excluding hydrogens is 254 g/mol. The van der Waals surface area contributed by atoms with Gasteiger partial charge in [0.2, 0.25) is 0 Å². The molecule has 0 aromatic carbocycles. The third-order valence-electron chi connectivity index (χ3n) is 5.48. The number of ketones is 1. The fraction of sp³-hybridized carbons (Fsp3) is 0.938. The first-order valence-corrected chi connectivity index (χ1v) is 8.14. The third kappa shape index (κ3) is 3.07. The molecule has 1 atom stereocenters. The molecule has 1 aliphatic carbocycles. The van der Waals surface area contributed by atoms with Crippen LogP contribution in [0.1, 0.15) is 57.8 Å². The highest BCUT2D eigenvalue weighted by Crippen LogP contribution is 2.39. The molecule has 0 radical (unpaired) electrons. The Morgan fingerprint density at radius 1 is 1.10 bits per heavy atom. The summed E-state index contributed by atoms with van der Waals surface area (Å²) in [5.74, 6) is 0.534. The second kappa shape index (κ2) is 5.74. The lowest BCUT2D eigenvalue weighted by Crippen LogP contribution is -2.47. The highest BCUT2D eigenvalue weighted by molar-refractivity contribution is 5.82. The SMILES string of the molecule is NC1(CC(=O)C2CCOC3(CCOCC3)C2)CCCC1. The maximum absolute atomic E-state index is 12.6. The minimum atomic E-state index is -0.210. The average molecular weight is 281 g/mol. The third-order valence-corrected chi connectivity index (χ3v) is 5.48. The zero-order valence-corrected chi connectivity index (χ0v) is 12.4. The number of hydrogen-bond donors (Lipinski definition) is 1. The Hall–Kier alpha value is -0.450. The van der Waals surface area contributed by atoms with Crippen molar-refractivity contribution in [1.82, 2.24) is 0 Å². The van der Waals surface area contributed by atoms with Crippen LogP contribution in [0.3, 0.4) is 0 Å². The molecule has 3 rings (SSSR count). The van der Waals surface area contributed by atoms with Gasteiger partial charge in [-0.2, -0.15) is 0 Å². The highest BCUT2D eigenvalue weighted by atomic mass is 16.5. The van der Waals surface area contributed by atoms with E-state index in [0.29, 0.717) is 18.8 Å². The van der Waals surface area contributed by atoms with Crippen molar-refractivity contribution in [3.05, 3.63) is 0 Å². The van der Waals surface area contributed by atoms with Crippen LogP contribution >= 0.6 is 0 Å². The van der Waals surface area contributed by atoms with Gasteiger partial charge in [0.1, 0.15) is 5.78 Å². The Labute approximate surface area is 121 Å². The summed E-state index contributed by atoms with van der Waals surface area (Å²) in [6, 6.07) is 0. The van der Waals surface area contributed by atoms with Crippen molar-refractivity contribution in [2.75, 3.05) is 19.8 Å². The Kier molecular flexibility index (Phi) is 4.16. The molecule has 114 valence electrons. The molecule has 0 amide bonds. The molecule has 1 spiro atoms. The quantitative estimate of drug-likeness (QED) is 0.861. The van der Waals surface area contributed by atoms with Crippen molar-refractivity contribution in [3.8, 4) is 0 Å². The minimum Gasteiger partial charge on any atom is -0.381 e. The molecule has 2 N–H and O–H groups in total. The average Bonchev–Trinajstić information content (AvgIpc) is 2.86. The molecule has 3 aliphatic rings. The standard InChI is InChI=1S/C16H27NO3/c17-15(4-1-2-5-15)12-14(18)13-3-8-20-16(11-13)6-9-19-10-7-16/h13H,1-12,17H2. The monoisotopic (exact) mass is 281 g/mol. The smallest absolute Gasteiger partial charge is 0.138 e. The van der Waals surface area contributed by atoms with Crippen LogP contribution in [0.25, 0.3) is 0 Å². The van der Waals surface area contributed by atoms with E-state index in [1.807, 2.05) is 0 Å². The van der Waals surface area contributed by atoms with Gasteiger partial charge in [0, 0.05) is 37.7 Å². The molecule has 2 heterocycles. The molecular formula is C16H27NO3. The first-order valence-electron chi connectivity index (χ1n) is 8.14.